The van der Waals surface area contributed by atoms with Crippen LogP contribution in [0, 0.1) is 0 Å². The Morgan fingerprint density at radius 3 is 2.89 bits per heavy atom. The van der Waals surface area contributed by atoms with E-state index in [2.05, 4.69) is 22.1 Å². The lowest BCUT2D eigenvalue weighted by atomic mass is 10.1. The minimum Gasteiger partial charge on any atom is -0.437 e. The number of fused-ring (bicyclic) bond motifs is 1. The molecule has 182 valence electrons. The molecule has 3 heterocycles. The summed E-state index contributed by atoms with van der Waals surface area (Å²) in [6, 6.07) is 7.59. The third-order valence-electron chi connectivity index (χ3n) is 6.30. The summed E-state index contributed by atoms with van der Waals surface area (Å²) < 4.78 is 6.28. The zero-order chi connectivity index (χ0) is 24.6. The number of halogens is 1. The van der Waals surface area contributed by atoms with Crippen LogP contribution in [0.5, 0.6) is 0 Å². The van der Waals surface area contributed by atoms with Crippen molar-refractivity contribution >= 4 is 50.8 Å². The Hall–Kier alpha value is -3.01. The lowest BCUT2D eigenvalue weighted by molar-refractivity contribution is -0.127. The van der Waals surface area contributed by atoms with Gasteiger partial charge in [-0.25, -0.2) is 14.8 Å². The lowest BCUT2D eigenvalue weighted by Gasteiger charge is -2.34. The molecule has 1 aliphatic heterocycles. The standard InChI is InChI=1S/C25H26ClN5O3S/c1-2-11-31(15-5-4-10-28-13-15)24-29-14-18(26)21(30-24)20-12-17-16(6-3-7-19(17)35-20)22(32)34-25(8-9-25)23(27)33/h3,6-9,12,14-15,28H,2,4-5,10-11,13H2,1H3,(H2,27,33). The fraction of sp³-hybridized carbons (Fsp3) is 0.360. The molecule has 10 heteroatoms. The average Bonchev–Trinajstić information content (AvgIpc) is 3.52. The Kier molecular flexibility index (Phi) is 6.48. The second-order valence-electron chi connectivity index (χ2n) is 8.77. The van der Waals surface area contributed by atoms with Crippen LogP contribution in [0.1, 0.15) is 36.5 Å². The molecule has 1 amide bonds. The summed E-state index contributed by atoms with van der Waals surface area (Å²) in [5, 5.41) is 4.61. The van der Waals surface area contributed by atoms with Gasteiger partial charge in [-0.15, -0.1) is 11.3 Å². The summed E-state index contributed by atoms with van der Waals surface area (Å²) in [7, 11) is 0. The van der Waals surface area contributed by atoms with E-state index >= 15 is 0 Å². The van der Waals surface area contributed by atoms with Crippen LogP contribution in [0.25, 0.3) is 20.7 Å². The first-order valence-electron chi connectivity index (χ1n) is 11.7. The highest BCUT2D eigenvalue weighted by Crippen LogP contribution is 2.39. The summed E-state index contributed by atoms with van der Waals surface area (Å²) in [5.74, 6) is -0.675. The van der Waals surface area contributed by atoms with Gasteiger partial charge in [0.05, 0.1) is 21.7 Å². The summed E-state index contributed by atoms with van der Waals surface area (Å²) in [6.07, 6.45) is 7.77. The van der Waals surface area contributed by atoms with E-state index in [-0.39, 0.29) is 0 Å². The van der Waals surface area contributed by atoms with E-state index in [1.165, 1.54) is 23.5 Å². The van der Waals surface area contributed by atoms with Gasteiger partial charge in [-0.05, 0) is 56.2 Å². The van der Waals surface area contributed by atoms with Gasteiger partial charge < -0.3 is 20.7 Å². The molecular weight excluding hydrogens is 486 g/mol. The third kappa shape index (κ3) is 4.63. The average molecular weight is 512 g/mol. The van der Waals surface area contributed by atoms with Crippen molar-refractivity contribution in [3.8, 4) is 10.6 Å². The van der Waals surface area contributed by atoms with E-state index in [9.17, 15) is 9.59 Å². The van der Waals surface area contributed by atoms with Crippen LogP contribution >= 0.6 is 22.9 Å². The monoisotopic (exact) mass is 511 g/mol. The number of aromatic nitrogens is 2. The number of hydrogen-bond donors (Lipinski definition) is 2. The number of amides is 1. The normalized spacial score (nSPS) is 18.4. The number of nitrogens with zero attached hydrogens (tertiary/aromatic N) is 3. The maximum atomic E-state index is 12.9. The maximum absolute atomic E-state index is 12.9. The number of thiophene rings is 1. The minimum atomic E-state index is -1.42. The number of esters is 1. The fourth-order valence-electron chi connectivity index (χ4n) is 4.38. The first kappa shape index (κ1) is 23.7. The number of piperidine rings is 1. The van der Waals surface area contributed by atoms with Crippen LogP contribution in [-0.4, -0.2) is 53.1 Å². The Morgan fingerprint density at radius 1 is 1.37 bits per heavy atom. The Morgan fingerprint density at radius 2 is 2.20 bits per heavy atom. The molecular formula is C25H26ClN5O3S. The second kappa shape index (κ2) is 9.56. The molecule has 2 aromatic heterocycles. The Labute approximate surface area is 212 Å². The topological polar surface area (TPSA) is 110 Å². The number of carbonyl (C=O) groups is 2. The number of ether oxygens (including phenoxy) is 1. The number of nitrogens with one attached hydrogen (secondary N) is 1. The molecule has 2 aliphatic rings. The Balaban J connectivity index is 1.49. The molecule has 0 radical (unpaired) electrons. The predicted molar refractivity (Wildman–Crippen MR) is 138 cm³/mol. The van der Waals surface area contributed by atoms with Crippen LogP contribution < -0.4 is 16.0 Å². The molecule has 1 fully saturated rings. The largest absolute Gasteiger partial charge is 0.437 e. The van der Waals surface area contributed by atoms with Gasteiger partial charge >= 0.3 is 5.97 Å². The van der Waals surface area contributed by atoms with Crippen molar-refractivity contribution < 1.29 is 14.3 Å². The molecule has 1 atom stereocenters. The van der Waals surface area contributed by atoms with Crippen molar-refractivity contribution in [2.24, 2.45) is 5.73 Å². The molecule has 0 spiro atoms. The Bertz CT molecular complexity index is 1310. The molecule has 3 aromatic rings. The highest BCUT2D eigenvalue weighted by molar-refractivity contribution is 7.22. The number of hydrogen-bond acceptors (Lipinski definition) is 8. The van der Waals surface area contributed by atoms with Gasteiger partial charge in [0, 0.05) is 29.2 Å². The fourth-order valence-corrected chi connectivity index (χ4v) is 5.72. The number of nitrogens with two attached hydrogens (primary N) is 1. The maximum Gasteiger partial charge on any atom is 0.340 e. The predicted octanol–water partition coefficient (Wildman–Crippen LogP) is 3.93. The van der Waals surface area contributed by atoms with Crippen molar-refractivity contribution in [3.05, 3.63) is 53.2 Å². The first-order chi connectivity index (χ1) is 16.9. The van der Waals surface area contributed by atoms with E-state index in [1.807, 2.05) is 12.1 Å². The van der Waals surface area contributed by atoms with Crippen LogP contribution in [0.3, 0.4) is 0 Å². The molecule has 3 N–H and O–H groups in total. The van der Waals surface area contributed by atoms with Gasteiger partial charge in [0.2, 0.25) is 11.5 Å². The van der Waals surface area contributed by atoms with Gasteiger partial charge in [-0.3, -0.25) is 4.79 Å². The van der Waals surface area contributed by atoms with E-state index in [4.69, 9.17) is 27.1 Å². The van der Waals surface area contributed by atoms with Crippen molar-refractivity contribution in [1.29, 1.82) is 0 Å². The number of rotatable bonds is 8. The van der Waals surface area contributed by atoms with Gasteiger partial charge in [-0.2, -0.15) is 0 Å². The molecule has 1 aliphatic carbocycles. The zero-order valence-electron chi connectivity index (χ0n) is 19.3. The molecule has 1 aromatic carbocycles. The summed E-state index contributed by atoms with van der Waals surface area (Å²) >= 11 is 8.04. The van der Waals surface area contributed by atoms with E-state index in [1.54, 1.807) is 18.3 Å². The number of primary amides is 1. The van der Waals surface area contributed by atoms with Crippen LogP contribution in [0.15, 0.2) is 42.6 Å². The van der Waals surface area contributed by atoms with Gasteiger partial charge in [0.1, 0.15) is 5.69 Å². The summed E-state index contributed by atoms with van der Waals surface area (Å²) in [6.45, 7) is 4.93. The van der Waals surface area contributed by atoms with Crippen LogP contribution in [-0.2, 0) is 9.53 Å². The highest BCUT2D eigenvalue weighted by Gasteiger charge is 2.45. The summed E-state index contributed by atoms with van der Waals surface area (Å²) in [4.78, 5) is 37.0. The first-order valence-corrected chi connectivity index (χ1v) is 12.9. The minimum absolute atomic E-state index is 0.329. The highest BCUT2D eigenvalue weighted by atomic mass is 35.5. The zero-order valence-corrected chi connectivity index (χ0v) is 20.9. The van der Waals surface area contributed by atoms with E-state index < -0.39 is 17.5 Å². The van der Waals surface area contributed by atoms with Crippen molar-refractivity contribution in [3.63, 3.8) is 0 Å². The number of benzene rings is 1. The van der Waals surface area contributed by atoms with Crippen molar-refractivity contribution in [2.45, 2.75) is 37.8 Å². The molecule has 5 rings (SSSR count). The van der Waals surface area contributed by atoms with E-state index in [0.29, 0.717) is 33.7 Å². The molecule has 1 saturated heterocycles. The SMILES string of the molecule is CCCN(c1ncc(Cl)c(-c2cc3c(C(=O)OC4(C(N)=O)C=C4)cccc3s2)n1)C1CCCNC1. The molecule has 0 saturated carbocycles. The van der Waals surface area contributed by atoms with Crippen molar-refractivity contribution in [1.82, 2.24) is 15.3 Å². The van der Waals surface area contributed by atoms with Crippen molar-refractivity contribution in [2.75, 3.05) is 24.5 Å². The molecule has 0 bridgehead atoms. The molecule has 8 nitrogen and oxygen atoms in total. The van der Waals surface area contributed by atoms with Gasteiger partial charge in [-0.1, -0.05) is 24.6 Å². The second-order valence-corrected chi connectivity index (χ2v) is 10.3. The number of carbonyl (C=O) groups excluding carboxylic acids is 2. The van der Waals surface area contributed by atoms with Gasteiger partial charge in [0.15, 0.2) is 0 Å². The van der Waals surface area contributed by atoms with Gasteiger partial charge in [0.25, 0.3) is 5.91 Å². The van der Waals surface area contributed by atoms with Crippen LogP contribution in [0.4, 0.5) is 5.95 Å². The smallest absolute Gasteiger partial charge is 0.340 e. The lowest BCUT2D eigenvalue weighted by Crippen LogP contribution is -2.47. The quantitative estimate of drug-likeness (QED) is 0.348. The summed E-state index contributed by atoms with van der Waals surface area (Å²) in [5.41, 5.74) is 4.93. The third-order valence-corrected chi connectivity index (χ3v) is 7.68. The van der Waals surface area contributed by atoms with Crippen LogP contribution in [0.2, 0.25) is 5.02 Å². The molecule has 1 unspecified atom stereocenters. The van der Waals surface area contributed by atoms with E-state index in [0.717, 1.165) is 48.5 Å². The number of anilines is 1. The molecule has 35 heavy (non-hydrogen) atoms.